The molecule has 0 aromatic heterocycles. The van der Waals surface area contributed by atoms with Crippen molar-refractivity contribution in [3.05, 3.63) is 69.7 Å². The fraction of sp³-hybridized carbons (Fsp3) is 0.429. The fourth-order valence-corrected chi connectivity index (χ4v) is 3.01. The molecule has 130 valence electrons. The van der Waals surface area contributed by atoms with E-state index in [2.05, 4.69) is 90.1 Å². The summed E-state index contributed by atoms with van der Waals surface area (Å²) in [5, 5.41) is 0. The lowest BCUT2D eigenvalue weighted by atomic mass is 9.87. The molecule has 0 amide bonds. The second-order valence-electron chi connectivity index (χ2n) is 7.43. The zero-order valence-electron chi connectivity index (χ0n) is 15.1. The van der Waals surface area contributed by atoms with Gasteiger partial charge in [0.25, 0.3) is 0 Å². The van der Waals surface area contributed by atoms with Gasteiger partial charge in [-0.25, -0.2) is 0 Å². The molecule has 0 saturated heterocycles. The molecule has 2 rings (SSSR count). The molecule has 0 aliphatic rings. The number of hydrogen-bond donors (Lipinski definition) is 1. The Hall–Kier alpha value is -1.16. The van der Waals surface area contributed by atoms with E-state index in [9.17, 15) is 0 Å². The first-order valence-corrected chi connectivity index (χ1v) is 9.44. The van der Waals surface area contributed by atoms with Crippen molar-refractivity contribution in [2.24, 2.45) is 5.73 Å². The summed E-state index contributed by atoms with van der Waals surface area (Å²) in [7, 11) is 0. The van der Waals surface area contributed by atoms with Gasteiger partial charge in [0.05, 0.1) is 0 Å². The highest BCUT2D eigenvalue weighted by Gasteiger charge is 2.13. The van der Waals surface area contributed by atoms with Crippen molar-refractivity contribution in [3.8, 4) is 0 Å². The summed E-state index contributed by atoms with van der Waals surface area (Å²) in [5.41, 5.74) is 10.00. The van der Waals surface area contributed by atoms with Crippen LogP contribution in [0.2, 0.25) is 0 Å². The number of nitrogens with zero attached hydrogens (tertiary/aromatic N) is 1. The SMILES string of the molecule is CC(C)(C)c1ccc(CN(CCCN)Cc2ccc(Br)cc2)cc1. The van der Waals surface area contributed by atoms with Crippen LogP contribution < -0.4 is 5.73 Å². The highest BCUT2D eigenvalue weighted by molar-refractivity contribution is 9.10. The number of nitrogens with two attached hydrogens (primary N) is 1. The van der Waals surface area contributed by atoms with Crippen LogP contribution in [0, 0.1) is 0 Å². The van der Waals surface area contributed by atoms with E-state index in [1.165, 1.54) is 16.7 Å². The third kappa shape index (κ3) is 6.04. The van der Waals surface area contributed by atoms with Gasteiger partial charge in [0, 0.05) is 24.1 Å². The van der Waals surface area contributed by atoms with E-state index in [4.69, 9.17) is 5.73 Å². The molecule has 0 bridgehead atoms. The average Bonchev–Trinajstić information content (AvgIpc) is 2.54. The molecule has 2 N–H and O–H groups in total. The Kier molecular flexibility index (Phi) is 7.02. The van der Waals surface area contributed by atoms with Crippen LogP contribution >= 0.6 is 15.9 Å². The number of hydrogen-bond acceptors (Lipinski definition) is 2. The van der Waals surface area contributed by atoms with Crippen molar-refractivity contribution >= 4 is 15.9 Å². The summed E-state index contributed by atoms with van der Waals surface area (Å²) in [6.07, 6.45) is 1.02. The Bertz CT molecular complexity index is 612. The molecule has 0 saturated carbocycles. The van der Waals surface area contributed by atoms with Gasteiger partial charge < -0.3 is 5.73 Å². The number of rotatable bonds is 7. The molecule has 0 unspecified atom stereocenters. The van der Waals surface area contributed by atoms with Crippen LogP contribution in [0.3, 0.4) is 0 Å². The predicted molar refractivity (Wildman–Crippen MR) is 107 cm³/mol. The largest absolute Gasteiger partial charge is 0.330 e. The summed E-state index contributed by atoms with van der Waals surface area (Å²) in [4.78, 5) is 2.47. The summed E-state index contributed by atoms with van der Waals surface area (Å²) in [5.74, 6) is 0. The Morgan fingerprint density at radius 3 is 1.83 bits per heavy atom. The lowest BCUT2D eigenvalue weighted by Gasteiger charge is -2.24. The van der Waals surface area contributed by atoms with E-state index >= 15 is 0 Å². The van der Waals surface area contributed by atoms with E-state index in [1.807, 2.05) is 0 Å². The van der Waals surface area contributed by atoms with Gasteiger partial charge in [-0.2, -0.15) is 0 Å². The van der Waals surface area contributed by atoms with Crippen molar-refractivity contribution in [1.82, 2.24) is 4.90 Å². The minimum Gasteiger partial charge on any atom is -0.330 e. The van der Waals surface area contributed by atoms with Crippen LogP contribution in [-0.4, -0.2) is 18.0 Å². The van der Waals surface area contributed by atoms with Gasteiger partial charge in [-0.15, -0.1) is 0 Å². The van der Waals surface area contributed by atoms with E-state index in [-0.39, 0.29) is 5.41 Å². The summed E-state index contributed by atoms with van der Waals surface area (Å²) < 4.78 is 1.12. The first-order chi connectivity index (χ1) is 11.4. The maximum atomic E-state index is 5.72. The van der Waals surface area contributed by atoms with E-state index < -0.39 is 0 Å². The molecule has 0 atom stereocenters. The van der Waals surface area contributed by atoms with Crippen LogP contribution in [-0.2, 0) is 18.5 Å². The van der Waals surface area contributed by atoms with Gasteiger partial charge in [-0.3, -0.25) is 4.90 Å². The summed E-state index contributed by atoms with van der Waals surface area (Å²) >= 11 is 3.50. The van der Waals surface area contributed by atoms with Gasteiger partial charge in [-0.1, -0.05) is 73.1 Å². The monoisotopic (exact) mass is 388 g/mol. The normalized spacial score (nSPS) is 11.9. The Morgan fingerprint density at radius 2 is 1.38 bits per heavy atom. The molecule has 0 heterocycles. The second kappa shape index (κ2) is 8.80. The molecule has 0 aliphatic heterocycles. The average molecular weight is 389 g/mol. The highest BCUT2D eigenvalue weighted by atomic mass is 79.9. The summed E-state index contributed by atoms with van der Waals surface area (Å²) in [6, 6.07) is 17.6. The molecule has 2 nitrogen and oxygen atoms in total. The molecular formula is C21H29BrN2. The number of halogens is 1. The van der Waals surface area contributed by atoms with Crippen LogP contribution in [0.1, 0.15) is 43.9 Å². The van der Waals surface area contributed by atoms with Crippen molar-refractivity contribution in [2.75, 3.05) is 13.1 Å². The first kappa shape index (κ1) is 19.2. The Morgan fingerprint density at radius 1 is 0.875 bits per heavy atom. The Balaban J connectivity index is 2.06. The van der Waals surface area contributed by atoms with Crippen LogP contribution in [0.5, 0.6) is 0 Å². The smallest absolute Gasteiger partial charge is 0.0237 e. The fourth-order valence-electron chi connectivity index (χ4n) is 2.75. The molecule has 0 fully saturated rings. The number of benzene rings is 2. The van der Waals surface area contributed by atoms with E-state index in [1.54, 1.807) is 0 Å². The minimum atomic E-state index is 0.204. The third-order valence-corrected chi connectivity index (χ3v) is 4.75. The zero-order chi connectivity index (χ0) is 17.6. The molecule has 2 aromatic carbocycles. The molecular weight excluding hydrogens is 360 g/mol. The third-order valence-electron chi connectivity index (χ3n) is 4.22. The van der Waals surface area contributed by atoms with Crippen LogP contribution in [0.25, 0.3) is 0 Å². The van der Waals surface area contributed by atoms with E-state index in [0.29, 0.717) is 0 Å². The minimum absolute atomic E-state index is 0.204. The predicted octanol–water partition coefficient (Wildman–Crippen LogP) is 5.10. The molecule has 24 heavy (non-hydrogen) atoms. The Labute approximate surface area is 155 Å². The van der Waals surface area contributed by atoms with Crippen LogP contribution in [0.15, 0.2) is 53.0 Å². The summed E-state index contributed by atoms with van der Waals surface area (Å²) in [6.45, 7) is 10.4. The van der Waals surface area contributed by atoms with Gasteiger partial charge in [0.15, 0.2) is 0 Å². The van der Waals surface area contributed by atoms with Crippen molar-refractivity contribution < 1.29 is 0 Å². The molecule has 2 aromatic rings. The van der Waals surface area contributed by atoms with Gasteiger partial charge in [0.2, 0.25) is 0 Å². The molecule has 0 spiro atoms. The van der Waals surface area contributed by atoms with Gasteiger partial charge in [-0.05, 0) is 47.2 Å². The zero-order valence-corrected chi connectivity index (χ0v) is 16.6. The van der Waals surface area contributed by atoms with Crippen molar-refractivity contribution in [3.63, 3.8) is 0 Å². The standard InChI is InChI=1S/C21H29BrN2/c1-21(2,3)19-9-5-17(6-10-19)15-24(14-4-13-23)16-18-7-11-20(22)12-8-18/h5-12H,4,13-16,23H2,1-3H3. The maximum Gasteiger partial charge on any atom is 0.0237 e. The van der Waals surface area contributed by atoms with Crippen LogP contribution in [0.4, 0.5) is 0 Å². The lowest BCUT2D eigenvalue weighted by molar-refractivity contribution is 0.255. The topological polar surface area (TPSA) is 29.3 Å². The lowest BCUT2D eigenvalue weighted by Crippen LogP contribution is -2.25. The van der Waals surface area contributed by atoms with Crippen molar-refractivity contribution in [2.45, 2.75) is 45.7 Å². The second-order valence-corrected chi connectivity index (χ2v) is 8.34. The van der Waals surface area contributed by atoms with Crippen molar-refractivity contribution in [1.29, 1.82) is 0 Å². The van der Waals surface area contributed by atoms with Gasteiger partial charge in [0.1, 0.15) is 0 Å². The van der Waals surface area contributed by atoms with Gasteiger partial charge >= 0.3 is 0 Å². The quantitative estimate of drug-likeness (QED) is 0.714. The highest BCUT2D eigenvalue weighted by Crippen LogP contribution is 2.23. The molecule has 3 heteroatoms. The molecule has 0 aliphatic carbocycles. The maximum absolute atomic E-state index is 5.72. The first-order valence-electron chi connectivity index (χ1n) is 8.65. The van der Waals surface area contributed by atoms with E-state index in [0.717, 1.165) is 37.1 Å². The molecule has 0 radical (unpaired) electrons.